The van der Waals surface area contributed by atoms with Gasteiger partial charge in [-0.25, -0.2) is 0 Å². The molecule has 5 heteroatoms. The molecule has 2 heterocycles. The van der Waals surface area contributed by atoms with Crippen LogP contribution < -0.4 is 0 Å². The van der Waals surface area contributed by atoms with E-state index in [1.54, 1.807) is 13.8 Å². The lowest BCUT2D eigenvalue weighted by molar-refractivity contribution is -0.416. The zero-order valence-electron chi connectivity index (χ0n) is 12.7. The Morgan fingerprint density at radius 3 is 2.48 bits per heavy atom. The molecule has 2 spiro atoms. The quantitative estimate of drug-likeness (QED) is 0.638. The molecule has 4 aliphatic carbocycles. The van der Waals surface area contributed by atoms with Crippen LogP contribution >= 0.6 is 0 Å². The van der Waals surface area contributed by atoms with Crippen molar-refractivity contribution < 1.29 is 23.8 Å². The summed E-state index contributed by atoms with van der Waals surface area (Å²) in [6, 6.07) is 0. The van der Waals surface area contributed by atoms with E-state index < -0.39 is 22.2 Å². The standard InChI is InChI=1S/C16H20O5/c1-12(2)20-11(18)16-8-9-14(13(16,3)21-12)6-4-5-7-15(14,16)10(17)19-9/h9H,4-8H2,1-3H3/t9-,13-,14-,15-,16-/m0/s1. The molecule has 0 unspecified atom stereocenters. The van der Waals surface area contributed by atoms with Crippen molar-refractivity contribution in [3.63, 3.8) is 0 Å². The lowest BCUT2D eigenvalue weighted by atomic mass is 9.30. The molecule has 0 N–H and O–H groups in total. The maximum atomic E-state index is 12.9. The van der Waals surface area contributed by atoms with Crippen LogP contribution in [-0.2, 0) is 23.8 Å². The van der Waals surface area contributed by atoms with E-state index in [0.717, 1.165) is 25.7 Å². The summed E-state index contributed by atoms with van der Waals surface area (Å²) < 4.78 is 17.6. The number of ether oxygens (including phenoxy) is 3. The van der Waals surface area contributed by atoms with Crippen molar-refractivity contribution >= 4 is 11.9 Å². The summed E-state index contributed by atoms with van der Waals surface area (Å²) >= 11 is 0. The molecule has 6 rings (SSSR count). The van der Waals surface area contributed by atoms with Gasteiger partial charge in [0.05, 0.1) is 16.4 Å². The molecule has 0 aromatic heterocycles. The van der Waals surface area contributed by atoms with Gasteiger partial charge in [-0.2, -0.15) is 0 Å². The highest BCUT2D eigenvalue weighted by Crippen LogP contribution is 2.92. The van der Waals surface area contributed by atoms with Crippen LogP contribution in [0, 0.1) is 16.2 Å². The molecule has 4 bridgehead atoms. The second-order valence-corrected chi connectivity index (χ2v) is 8.01. The average Bonchev–Trinajstić information content (AvgIpc) is 2.87. The monoisotopic (exact) mass is 292 g/mol. The summed E-state index contributed by atoms with van der Waals surface area (Å²) in [5, 5.41) is 0. The molecule has 2 aliphatic heterocycles. The van der Waals surface area contributed by atoms with Crippen molar-refractivity contribution in [1.82, 2.24) is 0 Å². The average molecular weight is 292 g/mol. The highest BCUT2D eigenvalue weighted by atomic mass is 16.7. The van der Waals surface area contributed by atoms with Crippen molar-refractivity contribution in [2.75, 3.05) is 0 Å². The maximum absolute atomic E-state index is 12.9. The van der Waals surface area contributed by atoms with Crippen LogP contribution in [0.4, 0.5) is 0 Å². The Morgan fingerprint density at radius 1 is 1.00 bits per heavy atom. The summed E-state index contributed by atoms with van der Waals surface area (Å²) in [6.07, 6.45) is 4.07. The predicted molar refractivity (Wildman–Crippen MR) is 69.9 cm³/mol. The zero-order chi connectivity index (χ0) is 14.9. The molecule has 6 fully saturated rings. The number of rotatable bonds is 0. The van der Waals surface area contributed by atoms with Crippen LogP contribution in [0.15, 0.2) is 0 Å². The predicted octanol–water partition coefficient (Wildman–Crippen LogP) is 1.93. The van der Waals surface area contributed by atoms with E-state index in [-0.39, 0.29) is 23.5 Å². The normalized spacial score (nSPS) is 58.7. The molecule has 114 valence electrons. The summed E-state index contributed by atoms with van der Waals surface area (Å²) in [5.74, 6) is -1.37. The van der Waals surface area contributed by atoms with Gasteiger partial charge in [0.1, 0.15) is 11.5 Å². The maximum Gasteiger partial charge on any atom is 0.318 e. The van der Waals surface area contributed by atoms with Crippen molar-refractivity contribution in [3.05, 3.63) is 0 Å². The third kappa shape index (κ3) is 0.805. The number of carbonyl (C=O) groups is 2. The minimum Gasteiger partial charge on any atom is -0.461 e. The lowest BCUT2D eigenvalue weighted by Crippen LogP contribution is -2.85. The SMILES string of the molecule is CC1(C)OC(=O)[C@]23C[C@@H]4OC(=O)[C@]25CCCC[C@@]45[C@]3(C)O1. The molecular weight excluding hydrogens is 272 g/mol. The zero-order valence-corrected chi connectivity index (χ0v) is 12.7. The topological polar surface area (TPSA) is 61.8 Å². The molecule has 0 aromatic carbocycles. The van der Waals surface area contributed by atoms with Crippen LogP contribution in [0.2, 0.25) is 0 Å². The number of hydrogen-bond donors (Lipinski definition) is 0. The first-order valence-corrected chi connectivity index (χ1v) is 7.92. The highest BCUT2D eigenvalue weighted by molar-refractivity contribution is 5.99. The van der Waals surface area contributed by atoms with E-state index in [0.29, 0.717) is 6.42 Å². The third-order valence-electron chi connectivity index (χ3n) is 7.30. The van der Waals surface area contributed by atoms with Gasteiger partial charge >= 0.3 is 11.9 Å². The fourth-order valence-corrected chi connectivity index (χ4v) is 7.04. The summed E-state index contributed by atoms with van der Waals surface area (Å²) in [7, 11) is 0. The van der Waals surface area contributed by atoms with Crippen LogP contribution in [0.3, 0.4) is 0 Å². The molecule has 5 nitrogen and oxygen atoms in total. The molecule has 4 saturated carbocycles. The van der Waals surface area contributed by atoms with Crippen molar-refractivity contribution in [2.24, 2.45) is 16.2 Å². The van der Waals surface area contributed by atoms with Gasteiger partial charge in [-0.1, -0.05) is 12.8 Å². The van der Waals surface area contributed by atoms with Gasteiger partial charge in [0.25, 0.3) is 0 Å². The number of cyclic esters (lactones) is 1. The van der Waals surface area contributed by atoms with Gasteiger partial charge in [0, 0.05) is 20.3 Å². The Kier molecular flexibility index (Phi) is 1.70. The Labute approximate surface area is 123 Å². The fraction of sp³-hybridized carbons (Fsp3) is 0.875. The summed E-state index contributed by atoms with van der Waals surface area (Å²) in [6.45, 7) is 5.57. The minimum absolute atomic E-state index is 0.184. The first kappa shape index (κ1) is 12.4. The van der Waals surface area contributed by atoms with Gasteiger partial charge in [-0.3, -0.25) is 9.59 Å². The number of carbonyl (C=O) groups excluding carboxylic acids is 2. The van der Waals surface area contributed by atoms with Gasteiger partial charge in [-0.05, 0) is 19.8 Å². The molecule has 0 radical (unpaired) electrons. The summed E-state index contributed by atoms with van der Waals surface area (Å²) in [5.41, 5.74) is -2.48. The van der Waals surface area contributed by atoms with Gasteiger partial charge in [0.15, 0.2) is 0 Å². The second kappa shape index (κ2) is 2.87. The van der Waals surface area contributed by atoms with Crippen molar-refractivity contribution in [3.8, 4) is 0 Å². The van der Waals surface area contributed by atoms with E-state index >= 15 is 0 Å². The van der Waals surface area contributed by atoms with Crippen LogP contribution in [-0.4, -0.2) is 29.4 Å². The number of hydrogen-bond acceptors (Lipinski definition) is 5. The Morgan fingerprint density at radius 2 is 1.71 bits per heavy atom. The van der Waals surface area contributed by atoms with Gasteiger partial charge in [-0.15, -0.1) is 0 Å². The second-order valence-electron chi connectivity index (χ2n) is 8.01. The van der Waals surface area contributed by atoms with Crippen molar-refractivity contribution in [2.45, 2.75) is 70.4 Å². The molecule has 0 amide bonds. The third-order valence-corrected chi connectivity index (χ3v) is 7.30. The molecule has 6 aliphatic rings. The molecule has 0 aromatic rings. The van der Waals surface area contributed by atoms with E-state index in [1.807, 2.05) is 6.92 Å². The highest BCUT2D eigenvalue weighted by Gasteiger charge is 3.03. The van der Waals surface area contributed by atoms with Gasteiger partial charge < -0.3 is 14.2 Å². The van der Waals surface area contributed by atoms with Crippen molar-refractivity contribution in [1.29, 1.82) is 0 Å². The smallest absolute Gasteiger partial charge is 0.318 e. The molecule has 2 saturated heterocycles. The minimum atomic E-state index is -0.936. The van der Waals surface area contributed by atoms with E-state index in [9.17, 15) is 9.59 Å². The Bertz CT molecular complexity index is 612. The Balaban J connectivity index is 1.80. The van der Waals surface area contributed by atoms with Gasteiger partial charge in [0.2, 0.25) is 5.79 Å². The van der Waals surface area contributed by atoms with E-state index in [4.69, 9.17) is 14.2 Å². The van der Waals surface area contributed by atoms with Crippen LogP contribution in [0.1, 0.15) is 52.9 Å². The van der Waals surface area contributed by atoms with E-state index in [1.165, 1.54) is 0 Å². The van der Waals surface area contributed by atoms with E-state index in [2.05, 4.69) is 0 Å². The lowest BCUT2D eigenvalue weighted by Gasteiger charge is -2.74. The first-order chi connectivity index (χ1) is 9.78. The number of esters is 2. The molecule has 21 heavy (non-hydrogen) atoms. The van der Waals surface area contributed by atoms with Crippen LogP contribution in [0.5, 0.6) is 0 Å². The molecule has 5 atom stereocenters. The molecular formula is C16H20O5. The summed E-state index contributed by atoms with van der Waals surface area (Å²) in [4.78, 5) is 25.6. The van der Waals surface area contributed by atoms with Crippen LogP contribution in [0.25, 0.3) is 0 Å². The first-order valence-electron chi connectivity index (χ1n) is 7.92. The largest absolute Gasteiger partial charge is 0.461 e. The Hall–Kier alpha value is -1.10. The fourth-order valence-electron chi connectivity index (χ4n) is 7.04.